The number of carbonyl (C=O) groups excluding carboxylic acids is 1. The average Bonchev–Trinajstić information content (AvgIpc) is 2.58. The number of methoxy groups -OCH3 is 1. The number of nitrogen functional groups attached to an aromatic ring is 1. The average molecular weight is 213 g/mol. The quantitative estimate of drug-likeness (QED) is 0.602. The highest BCUT2D eigenvalue weighted by Crippen LogP contribution is 2.21. The summed E-state index contributed by atoms with van der Waals surface area (Å²) in [5.74, 6) is -0.135. The third kappa shape index (κ3) is 3.38. The third-order valence-electron chi connectivity index (χ3n) is 2.04. The number of nitrogens with two attached hydrogens (primary N) is 1. The van der Waals surface area contributed by atoms with Gasteiger partial charge in [0, 0.05) is 17.0 Å². The molecule has 3 nitrogen and oxygen atoms in total. The summed E-state index contributed by atoms with van der Waals surface area (Å²) in [6.45, 7) is 0. The summed E-state index contributed by atoms with van der Waals surface area (Å²) in [7, 11) is 1.42. The fraction of sp³-hybridized carbons (Fsp3) is 0.500. The molecule has 0 radical (unpaired) electrons. The second kappa shape index (κ2) is 5.65. The zero-order chi connectivity index (χ0) is 10.4. The standard InChI is InChI=1S/C10H15NO2S/c1-13-10(12)5-3-2-4-9-8(11)6-7-14-9/h6-7H,2-5,11H2,1H3. The van der Waals surface area contributed by atoms with Gasteiger partial charge in [-0.2, -0.15) is 0 Å². The van der Waals surface area contributed by atoms with E-state index in [1.54, 1.807) is 11.3 Å². The molecular weight excluding hydrogens is 198 g/mol. The molecule has 4 heteroatoms. The van der Waals surface area contributed by atoms with Crippen molar-refractivity contribution in [1.29, 1.82) is 0 Å². The van der Waals surface area contributed by atoms with Crippen molar-refractivity contribution < 1.29 is 9.53 Å². The maximum absolute atomic E-state index is 10.8. The predicted molar refractivity (Wildman–Crippen MR) is 58.3 cm³/mol. The van der Waals surface area contributed by atoms with Crippen LogP contribution in [0.5, 0.6) is 0 Å². The Hall–Kier alpha value is -1.03. The molecule has 1 rings (SSSR count). The Labute approximate surface area is 87.9 Å². The topological polar surface area (TPSA) is 52.3 Å². The van der Waals surface area contributed by atoms with E-state index in [2.05, 4.69) is 4.74 Å². The van der Waals surface area contributed by atoms with Gasteiger partial charge in [0.15, 0.2) is 0 Å². The summed E-state index contributed by atoms with van der Waals surface area (Å²) in [5.41, 5.74) is 6.60. The Morgan fingerprint density at radius 2 is 2.36 bits per heavy atom. The van der Waals surface area contributed by atoms with Gasteiger partial charge >= 0.3 is 5.97 Å². The Morgan fingerprint density at radius 3 is 2.93 bits per heavy atom. The Balaban J connectivity index is 2.16. The molecule has 78 valence electrons. The lowest BCUT2D eigenvalue weighted by atomic mass is 10.1. The highest BCUT2D eigenvalue weighted by atomic mass is 32.1. The molecule has 0 aliphatic carbocycles. The van der Waals surface area contributed by atoms with E-state index >= 15 is 0 Å². The number of ether oxygens (including phenoxy) is 1. The minimum Gasteiger partial charge on any atom is -0.469 e. The first kappa shape index (κ1) is 11.0. The van der Waals surface area contributed by atoms with Crippen molar-refractivity contribution in [2.75, 3.05) is 12.8 Å². The van der Waals surface area contributed by atoms with Crippen molar-refractivity contribution in [3.8, 4) is 0 Å². The molecule has 0 amide bonds. The first-order chi connectivity index (χ1) is 6.74. The fourth-order valence-electron chi connectivity index (χ4n) is 1.21. The lowest BCUT2D eigenvalue weighted by molar-refractivity contribution is -0.140. The van der Waals surface area contributed by atoms with Crippen molar-refractivity contribution in [1.82, 2.24) is 0 Å². The second-order valence-corrected chi connectivity index (χ2v) is 4.08. The number of unbranched alkanes of at least 4 members (excludes halogenated alkanes) is 1. The Morgan fingerprint density at radius 1 is 1.57 bits per heavy atom. The van der Waals surface area contributed by atoms with Gasteiger partial charge in [-0.25, -0.2) is 0 Å². The smallest absolute Gasteiger partial charge is 0.305 e. The van der Waals surface area contributed by atoms with E-state index in [1.807, 2.05) is 11.4 Å². The van der Waals surface area contributed by atoms with Crippen LogP contribution in [-0.2, 0) is 16.0 Å². The molecule has 0 bridgehead atoms. The fourth-order valence-corrected chi connectivity index (χ4v) is 2.06. The molecule has 0 aliphatic rings. The zero-order valence-corrected chi connectivity index (χ0v) is 9.10. The summed E-state index contributed by atoms with van der Waals surface area (Å²) in [6.07, 6.45) is 3.31. The van der Waals surface area contributed by atoms with Crippen LogP contribution in [0.1, 0.15) is 24.1 Å². The number of thiophene rings is 1. The van der Waals surface area contributed by atoms with Crippen LogP contribution >= 0.6 is 11.3 Å². The highest BCUT2D eigenvalue weighted by molar-refractivity contribution is 7.10. The number of esters is 1. The first-order valence-electron chi connectivity index (χ1n) is 4.62. The van der Waals surface area contributed by atoms with Crippen LogP contribution in [-0.4, -0.2) is 13.1 Å². The Kier molecular flexibility index (Phi) is 4.46. The van der Waals surface area contributed by atoms with Gasteiger partial charge in [-0.1, -0.05) is 0 Å². The summed E-state index contributed by atoms with van der Waals surface area (Å²) in [5, 5.41) is 1.99. The van der Waals surface area contributed by atoms with Gasteiger partial charge < -0.3 is 10.5 Å². The van der Waals surface area contributed by atoms with Gasteiger partial charge in [0.1, 0.15) is 0 Å². The van der Waals surface area contributed by atoms with Crippen molar-refractivity contribution in [2.45, 2.75) is 25.7 Å². The molecule has 0 spiro atoms. The van der Waals surface area contributed by atoms with E-state index in [0.29, 0.717) is 6.42 Å². The van der Waals surface area contributed by atoms with Crippen molar-refractivity contribution >= 4 is 23.0 Å². The number of rotatable bonds is 5. The van der Waals surface area contributed by atoms with Gasteiger partial charge in [-0.15, -0.1) is 11.3 Å². The molecule has 14 heavy (non-hydrogen) atoms. The molecule has 1 aromatic heterocycles. The maximum Gasteiger partial charge on any atom is 0.305 e. The number of aryl methyl sites for hydroxylation is 1. The summed E-state index contributed by atoms with van der Waals surface area (Å²) in [6, 6.07) is 1.92. The molecule has 1 aromatic rings. The highest BCUT2D eigenvalue weighted by Gasteiger charge is 2.02. The minimum absolute atomic E-state index is 0.135. The summed E-state index contributed by atoms with van der Waals surface area (Å²) >= 11 is 1.67. The van der Waals surface area contributed by atoms with Crippen LogP contribution < -0.4 is 5.73 Å². The summed E-state index contributed by atoms with van der Waals surface area (Å²) in [4.78, 5) is 12.0. The third-order valence-corrected chi connectivity index (χ3v) is 3.04. The van der Waals surface area contributed by atoms with Gasteiger partial charge in [0.25, 0.3) is 0 Å². The van der Waals surface area contributed by atoms with E-state index in [-0.39, 0.29) is 5.97 Å². The van der Waals surface area contributed by atoms with E-state index < -0.39 is 0 Å². The molecule has 0 fully saturated rings. The molecule has 0 aliphatic heterocycles. The van der Waals surface area contributed by atoms with E-state index in [4.69, 9.17) is 5.73 Å². The molecule has 0 aromatic carbocycles. The molecule has 1 heterocycles. The molecule has 2 N–H and O–H groups in total. The molecule has 0 saturated carbocycles. The predicted octanol–water partition coefficient (Wildman–Crippen LogP) is 2.22. The van der Waals surface area contributed by atoms with E-state index in [0.717, 1.165) is 24.9 Å². The van der Waals surface area contributed by atoms with Crippen LogP contribution in [0.4, 0.5) is 5.69 Å². The van der Waals surface area contributed by atoms with Crippen LogP contribution in [0.15, 0.2) is 11.4 Å². The van der Waals surface area contributed by atoms with Gasteiger partial charge in [-0.3, -0.25) is 4.79 Å². The molecule has 0 saturated heterocycles. The van der Waals surface area contributed by atoms with E-state index in [1.165, 1.54) is 12.0 Å². The monoisotopic (exact) mass is 213 g/mol. The van der Waals surface area contributed by atoms with Crippen LogP contribution in [0.25, 0.3) is 0 Å². The molecular formula is C10H15NO2S. The van der Waals surface area contributed by atoms with Gasteiger partial charge in [-0.05, 0) is 30.7 Å². The normalized spacial score (nSPS) is 10.1. The number of carbonyl (C=O) groups is 1. The number of hydrogen-bond acceptors (Lipinski definition) is 4. The maximum atomic E-state index is 10.8. The van der Waals surface area contributed by atoms with Crippen LogP contribution in [0, 0.1) is 0 Å². The summed E-state index contributed by atoms with van der Waals surface area (Å²) < 4.78 is 4.55. The van der Waals surface area contributed by atoms with Gasteiger partial charge in [0.05, 0.1) is 7.11 Å². The van der Waals surface area contributed by atoms with Gasteiger partial charge in [0.2, 0.25) is 0 Å². The Bertz CT molecular complexity index is 296. The SMILES string of the molecule is COC(=O)CCCCc1sccc1N. The van der Waals surface area contributed by atoms with Crippen LogP contribution in [0.3, 0.4) is 0 Å². The molecule has 0 unspecified atom stereocenters. The lowest BCUT2D eigenvalue weighted by Gasteiger charge is -1.99. The van der Waals surface area contributed by atoms with Crippen molar-refractivity contribution in [3.05, 3.63) is 16.3 Å². The number of anilines is 1. The van der Waals surface area contributed by atoms with Crippen molar-refractivity contribution in [3.63, 3.8) is 0 Å². The zero-order valence-electron chi connectivity index (χ0n) is 8.29. The largest absolute Gasteiger partial charge is 0.469 e. The van der Waals surface area contributed by atoms with E-state index in [9.17, 15) is 4.79 Å². The lowest BCUT2D eigenvalue weighted by Crippen LogP contribution is -1.99. The van der Waals surface area contributed by atoms with Crippen molar-refractivity contribution in [2.24, 2.45) is 0 Å². The minimum atomic E-state index is -0.135. The van der Waals surface area contributed by atoms with Crippen LogP contribution in [0.2, 0.25) is 0 Å². The molecule has 0 atom stereocenters. The number of hydrogen-bond donors (Lipinski definition) is 1. The second-order valence-electron chi connectivity index (χ2n) is 3.08. The first-order valence-corrected chi connectivity index (χ1v) is 5.50.